The third-order valence-corrected chi connectivity index (χ3v) is 17.5. The van der Waals surface area contributed by atoms with Crippen LogP contribution in [0.5, 0.6) is 0 Å². The molecule has 17 nitrogen and oxygen atoms in total. The quantitative estimate of drug-likeness (QED) is 0.0169. The lowest BCUT2D eigenvalue weighted by Crippen LogP contribution is -2.30. The van der Waals surface area contributed by atoms with Gasteiger partial charge in [0.1, 0.15) is 19.3 Å². The lowest BCUT2D eigenvalue weighted by atomic mass is 9.99. The number of phosphoric ester groups is 2. The van der Waals surface area contributed by atoms with Crippen LogP contribution in [0, 0.1) is 17.8 Å². The van der Waals surface area contributed by atoms with E-state index in [1.165, 1.54) is 103 Å². The molecule has 0 amide bonds. The number of ether oxygens (including phenoxy) is 4. The first kappa shape index (κ1) is 85.5. The van der Waals surface area contributed by atoms with Crippen LogP contribution in [0.3, 0.4) is 0 Å². The van der Waals surface area contributed by atoms with Crippen molar-refractivity contribution in [3.63, 3.8) is 0 Å². The topological polar surface area (TPSA) is 237 Å². The Morgan fingerprint density at radius 1 is 0.375 bits per heavy atom. The molecule has 0 saturated carbocycles. The maximum atomic E-state index is 13.0. The molecule has 0 saturated heterocycles. The molecule has 0 rings (SSSR count). The van der Waals surface area contributed by atoms with E-state index in [9.17, 15) is 43.2 Å². The Hall–Kier alpha value is -2.46. The van der Waals surface area contributed by atoms with Crippen LogP contribution < -0.4 is 0 Å². The fourth-order valence-electron chi connectivity index (χ4n) is 9.79. The van der Waals surface area contributed by atoms with Gasteiger partial charge in [-0.25, -0.2) is 9.13 Å². The number of unbranched alkanes of at least 4 members (excludes halogenated alkanes) is 29. The Labute approximate surface area is 535 Å². The molecule has 0 radical (unpaired) electrons. The minimum Gasteiger partial charge on any atom is -0.462 e. The molecule has 0 heterocycles. The van der Waals surface area contributed by atoms with E-state index in [4.69, 9.17) is 37.0 Å². The first-order chi connectivity index (χ1) is 42.3. The highest BCUT2D eigenvalue weighted by Gasteiger charge is 2.30. The number of hydrogen-bond acceptors (Lipinski definition) is 15. The number of hydrogen-bond donors (Lipinski definition) is 3. The molecule has 518 valence electrons. The monoisotopic (exact) mass is 1290 g/mol. The van der Waals surface area contributed by atoms with E-state index in [1.807, 2.05) is 0 Å². The fourth-order valence-corrected chi connectivity index (χ4v) is 11.4. The van der Waals surface area contributed by atoms with Crippen molar-refractivity contribution in [1.29, 1.82) is 0 Å². The lowest BCUT2D eigenvalue weighted by molar-refractivity contribution is -0.161. The molecule has 19 heteroatoms. The smallest absolute Gasteiger partial charge is 0.462 e. The lowest BCUT2D eigenvalue weighted by Gasteiger charge is -2.21. The van der Waals surface area contributed by atoms with Crippen molar-refractivity contribution in [2.45, 2.75) is 336 Å². The second-order valence-corrected chi connectivity index (χ2v) is 28.3. The minimum atomic E-state index is -4.96. The zero-order valence-electron chi connectivity index (χ0n) is 56.7. The van der Waals surface area contributed by atoms with E-state index in [-0.39, 0.29) is 25.7 Å². The van der Waals surface area contributed by atoms with Crippen LogP contribution in [-0.4, -0.2) is 96.7 Å². The van der Waals surface area contributed by atoms with E-state index in [0.717, 1.165) is 121 Å². The van der Waals surface area contributed by atoms with Crippen molar-refractivity contribution in [2.75, 3.05) is 39.6 Å². The Balaban J connectivity index is 5.26. The summed E-state index contributed by atoms with van der Waals surface area (Å²) in [5, 5.41) is 10.6. The van der Waals surface area contributed by atoms with Crippen LogP contribution in [0.4, 0.5) is 0 Å². The highest BCUT2D eigenvalue weighted by Crippen LogP contribution is 2.45. The summed E-state index contributed by atoms with van der Waals surface area (Å²) in [5.41, 5.74) is 0. The van der Waals surface area contributed by atoms with Crippen LogP contribution >= 0.6 is 15.6 Å². The van der Waals surface area contributed by atoms with Gasteiger partial charge in [-0.05, 0) is 69.1 Å². The molecule has 88 heavy (non-hydrogen) atoms. The average molecular weight is 1290 g/mol. The van der Waals surface area contributed by atoms with Gasteiger partial charge in [0.15, 0.2) is 12.2 Å². The SMILES string of the molecule is CCCCCC/C=C\C=C/CCCCCCCC(=O)OC[C@H](COP(=O)(O)OC[C@@H](O)COP(=O)(O)OC[C@@H](COC(=O)CCCCCCCCC(C)C)OC(=O)CCCCCCCCCCCCC(C)CC)OC(=O)CCCCCCCCCC(C)C. The van der Waals surface area contributed by atoms with E-state index in [1.54, 1.807) is 0 Å². The molecule has 3 unspecified atom stereocenters. The Morgan fingerprint density at radius 2 is 0.670 bits per heavy atom. The molecule has 0 bridgehead atoms. The van der Waals surface area contributed by atoms with Gasteiger partial charge < -0.3 is 33.8 Å². The van der Waals surface area contributed by atoms with Gasteiger partial charge in [0, 0.05) is 25.7 Å². The van der Waals surface area contributed by atoms with E-state index >= 15 is 0 Å². The van der Waals surface area contributed by atoms with Crippen LogP contribution in [0.15, 0.2) is 24.3 Å². The van der Waals surface area contributed by atoms with Gasteiger partial charge in [0.2, 0.25) is 0 Å². The summed E-state index contributed by atoms with van der Waals surface area (Å²) in [6, 6.07) is 0. The third-order valence-electron chi connectivity index (χ3n) is 15.6. The summed E-state index contributed by atoms with van der Waals surface area (Å²) in [5.74, 6) is 0.00847. The predicted octanol–water partition coefficient (Wildman–Crippen LogP) is 19.0. The van der Waals surface area contributed by atoms with Crippen molar-refractivity contribution in [2.24, 2.45) is 17.8 Å². The van der Waals surface area contributed by atoms with Crippen LogP contribution in [0.25, 0.3) is 0 Å². The van der Waals surface area contributed by atoms with Gasteiger partial charge >= 0.3 is 39.5 Å². The highest BCUT2D eigenvalue weighted by molar-refractivity contribution is 7.47. The molecule has 0 fully saturated rings. The highest BCUT2D eigenvalue weighted by atomic mass is 31.2. The number of phosphoric acid groups is 2. The molecule has 0 aliphatic heterocycles. The molecular weight excluding hydrogens is 1160 g/mol. The van der Waals surface area contributed by atoms with Crippen molar-refractivity contribution in [1.82, 2.24) is 0 Å². The number of aliphatic hydroxyl groups excluding tert-OH is 1. The molecule has 0 aliphatic carbocycles. The molecule has 0 aliphatic rings. The largest absolute Gasteiger partial charge is 0.472 e. The summed E-state index contributed by atoms with van der Waals surface area (Å²) in [7, 11) is -9.91. The summed E-state index contributed by atoms with van der Waals surface area (Å²) in [6.45, 7) is 11.6. The van der Waals surface area contributed by atoms with Gasteiger partial charge in [0.05, 0.1) is 26.4 Å². The second-order valence-electron chi connectivity index (χ2n) is 25.4. The van der Waals surface area contributed by atoms with Gasteiger partial charge in [0.25, 0.3) is 0 Å². The molecule has 6 atom stereocenters. The molecule has 0 aromatic rings. The van der Waals surface area contributed by atoms with Gasteiger partial charge in [-0.3, -0.25) is 37.3 Å². The van der Waals surface area contributed by atoms with Crippen LogP contribution in [-0.2, 0) is 65.4 Å². The van der Waals surface area contributed by atoms with Crippen LogP contribution in [0.1, 0.15) is 318 Å². The van der Waals surface area contributed by atoms with E-state index in [2.05, 4.69) is 72.8 Å². The summed E-state index contributed by atoms with van der Waals surface area (Å²) >= 11 is 0. The summed E-state index contributed by atoms with van der Waals surface area (Å²) < 4.78 is 68.1. The Bertz CT molecular complexity index is 1830. The number of aliphatic hydroxyl groups is 1. The number of allylic oxidation sites excluding steroid dienone is 4. The van der Waals surface area contributed by atoms with E-state index in [0.29, 0.717) is 37.5 Å². The Morgan fingerprint density at radius 3 is 1.01 bits per heavy atom. The Kier molecular flexibility index (Phi) is 57.9. The molecular formula is C69H130O17P2. The number of rotatable bonds is 65. The maximum absolute atomic E-state index is 13.0. The van der Waals surface area contributed by atoms with Crippen molar-refractivity contribution in [3.05, 3.63) is 24.3 Å². The zero-order chi connectivity index (χ0) is 65.2. The maximum Gasteiger partial charge on any atom is 0.472 e. The molecule has 3 N–H and O–H groups in total. The molecule has 0 spiro atoms. The molecule has 0 aromatic heterocycles. The molecule has 0 aromatic carbocycles. The van der Waals surface area contributed by atoms with Gasteiger partial charge in [-0.1, -0.05) is 265 Å². The normalized spacial score (nSPS) is 14.7. The fraction of sp³-hybridized carbons (Fsp3) is 0.884. The summed E-state index contributed by atoms with van der Waals surface area (Å²) in [6.07, 6.45) is 45.5. The van der Waals surface area contributed by atoms with Crippen LogP contribution in [0.2, 0.25) is 0 Å². The van der Waals surface area contributed by atoms with Crippen molar-refractivity contribution >= 4 is 39.5 Å². The van der Waals surface area contributed by atoms with E-state index < -0.39 is 97.5 Å². The van der Waals surface area contributed by atoms with Crippen molar-refractivity contribution < 1.29 is 80.2 Å². The predicted molar refractivity (Wildman–Crippen MR) is 354 cm³/mol. The number of esters is 4. The second kappa shape index (κ2) is 59.5. The van der Waals surface area contributed by atoms with Gasteiger partial charge in [-0.15, -0.1) is 0 Å². The van der Waals surface area contributed by atoms with Gasteiger partial charge in [-0.2, -0.15) is 0 Å². The first-order valence-electron chi connectivity index (χ1n) is 35.2. The average Bonchev–Trinajstić information content (AvgIpc) is 3.64. The first-order valence-corrected chi connectivity index (χ1v) is 38.2. The zero-order valence-corrected chi connectivity index (χ0v) is 58.5. The third kappa shape index (κ3) is 61.1. The summed E-state index contributed by atoms with van der Waals surface area (Å²) in [4.78, 5) is 72.4. The minimum absolute atomic E-state index is 0.0960. The number of carbonyl (C=O) groups is 4. The van der Waals surface area contributed by atoms with Crippen molar-refractivity contribution in [3.8, 4) is 0 Å². The standard InChI is InChI=1S/C69H130O17P2/c1-8-10-11-12-13-14-15-16-17-18-19-23-28-36-43-50-66(71)79-56-64(86-69(74)53-46-39-30-25-26-33-40-47-60(3)4)58-83-87(75,76)81-54-63(70)55-82-88(77,78)84-59-65(57-80-67(72)51-44-37-32-31-34-41-48-61(5)6)85-68(73)52-45-38-29-24-21-20-22-27-35-42-49-62(7)9-2/h14-17,60-65,70H,8-13,18-59H2,1-7H3,(H,75,76)(H,77,78)/b15-14-,17-16-/t62?,63-,64-,65-/m1/s1. The number of carbonyl (C=O) groups excluding carboxylic acids is 4.